The third kappa shape index (κ3) is 3.62. The molecule has 0 aliphatic heterocycles. The summed E-state index contributed by atoms with van der Waals surface area (Å²) in [4.78, 5) is -0.785. The van der Waals surface area contributed by atoms with Crippen molar-refractivity contribution >= 4 is 25.8 Å². The molecule has 1 aliphatic carbocycles. The fourth-order valence-corrected chi connectivity index (χ4v) is 7.77. The Morgan fingerprint density at radius 3 is 2.06 bits per heavy atom. The van der Waals surface area contributed by atoms with Gasteiger partial charge >= 0.3 is 0 Å². The zero-order valence-corrected chi connectivity index (χ0v) is 18.6. The van der Waals surface area contributed by atoms with E-state index in [0.717, 1.165) is 17.7 Å². The first kappa shape index (κ1) is 21.5. The van der Waals surface area contributed by atoms with Crippen LogP contribution >= 0.6 is 0 Å². The minimum Gasteiger partial charge on any atom is -0.223 e. The molecule has 0 radical (unpaired) electrons. The summed E-state index contributed by atoms with van der Waals surface area (Å²) in [7, 11) is -8.51. The summed E-state index contributed by atoms with van der Waals surface area (Å²) >= 11 is 0. The minimum absolute atomic E-state index is 0.00434. The van der Waals surface area contributed by atoms with Gasteiger partial charge in [0.15, 0.2) is 9.84 Å². The number of benzene rings is 3. The first-order valence-electron chi connectivity index (χ1n) is 9.78. The van der Waals surface area contributed by atoms with Crippen molar-refractivity contribution in [3.63, 3.8) is 0 Å². The lowest BCUT2D eigenvalue weighted by Gasteiger charge is -2.19. The molecule has 0 amide bonds. The standard InChI is InChI=1S/C24H21FO4S2/c1-16(2)17-11-13-19(14-12-17)30(26,27)23-15-18-7-3-4-8-20(18)24(23)31(28,29)22-10-6-5-9-21(22)25/h3-16,24H,1-2H3. The Morgan fingerprint density at radius 1 is 0.806 bits per heavy atom. The highest BCUT2D eigenvalue weighted by atomic mass is 32.2. The fraction of sp³-hybridized carbons (Fsp3) is 0.167. The number of hydrogen-bond acceptors (Lipinski definition) is 4. The van der Waals surface area contributed by atoms with Gasteiger partial charge in [-0.2, -0.15) is 0 Å². The van der Waals surface area contributed by atoms with Gasteiger partial charge in [0.1, 0.15) is 16.0 Å². The zero-order chi connectivity index (χ0) is 22.4. The predicted octanol–water partition coefficient (Wildman–Crippen LogP) is 5.29. The van der Waals surface area contributed by atoms with E-state index in [9.17, 15) is 21.2 Å². The van der Waals surface area contributed by atoms with E-state index in [1.54, 1.807) is 36.4 Å². The second kappa shape index (κ2) is 7.73. The average molecular weight is 457 g/mol. The van der Waals surface area contributed by atoms with Crippen LogP contribution in [0, 0.1) is 5.82 Å². The molecule has 4 rings (SSSR count). The topological polar surface area (TPSA) is 68.3 Å². The lowest BCUT2D eigenvalue weighted by Crippen LogP contribution is -2.20. The molecule has 1 aliphatic rings. The Bertz CT molecular complexity index is 1390. The molecule has 160 valence electrons. The molecule has 0 heterocycles. The van der Waals surface area contributed by atoms with Crippen molar-refractivity contribution < 1.29 is 21.2 Å². The van der Waals surface area contributed by atoms with Gasteiger partial charge in [-0.25, -0.2) is 21.2 Å². The van der Waals surface area contributed by atoms with Crippen LogP contribution in [0.5, 0.6) is 0 Å². The van der Waals surface area contributed by atoms with E-state index < -0.39 is 35.6 Å². The Morgan fingerprint density at radius 2 is 1.42 bits per heavy atom. The first-order valence-corrected chi connectivity index (χ1v) is 12.8. The molecular formula is C24H21FO4S2. The maximum Gasteiger partial charge on any atom is 0.204 e. The summed E-state index contributed by atoms with van der Waals surface area (Å²) in [5.41, 5.74) is 1.78. The zero-order valence-electron chi connectivity index (χ0n) is 17.0. The van der Waals surface area contributed by atoms with Gasteiger partial charge in [-0.15, -0.1) is 0 Å². The summed E-state index contributed by atoms with van der Waals surface area (Å²) in [5, 5.41) is -1.52. The van der Waals surface area contributed by atoms with Crippen LogP contribution in [0.2, 0.25) is 0 Å². The molecule has 3 aromatic carbocycles. The third-order valence-corrected chi connectivity index (χ3v) is 9.54. The van der Waals surface area contributed by atoms with E-state index in [1.165, 1.54) is 30.3 Å². The largest absolute Gasteiger partial charge is 0.223 e. The maximum absolute atomic E-state index is 14.4. The van der Waals surface area contributed by atoms with Gasteiger partial charge in [-0.3, -0.25) is 0 Å². The van der Waals surface area contributed by atoms with Gasteiger partial charge < -0.3 is 0 Å². The summed E-state index contributed by atoms with van der Waals surface area (Å²) in [6, 6.07) is 18.0. The van der Waals surface area contributed by atoms with Crippen molar-refractivity contribution in [1.29, 1.82) is 0 Å². The summed E-state index contributed by atoms with van der Waals surface area (Å²) < 4.78 is 68.5. The van der Waals surface area contributed by atoms with Crippen LogP contribution in [0.15, 0.2) is 87.5 Å². The second-order valence-corrected chi connectivity index (χ2v) is 11.7. The molecule has 0 saturated carbocycles. The van der Waals surface area contributed by atoms with Gasteiger partial charge in [0.25, 0.3) is 0 Å². The number of rotatable bonds is 5. The van der Waals surface area contributed by atoms with Crippen molar-refractivity contribution in [3.05, 3.63) is 100 Å². The van der Waals surface area contributed by atoms with E-state index in [4.69, 9.17) is 0 Å². The highest BCUT2D eigenvalue weighted by molar-refractivity contribution is 7.98. The molecular weight excluding hydrogens is 435 g/mol. The second-order valence-electron chi connectivity index (χ2n) is 7.76. The summed E-state index contributed by atoms with van der Waals surface area (Å²) in [5.74, 6) is -0.689. The molecule has 0 spiro atoms. The van der Waals surface area contributed by atoms with Crippen molar-refractivity contribution in [3.8, 4) is 0 Å². The Balaban J connectivity index is 1.90. The lowest BCUT2D eigenvalue weighted by molar-refractivity contribution is 0.561. The first-order chi connectivity index (χ1) is 14.6. The van der Waals surface area contributed by atoms with E-state index in [2.05, 4.69) is 0 Å². The number of fused-ring (bicyclic) bond motifs is 1. The van der Waals surface area contributed by atoms with Crippen molar-refractivity contribution in [1.82, 2.24) is 0 Å². The van der Waals surface area contributed by atoms with E-state index in [-0.39, 0.29) is 15.7 Å². The molecule has 4 nitrogen and oxygen atoms in total. The molecule has 0 bridgehead atoms. The maximum atomic E-state index is 14.4. The Hall–Kier alpha value is -2.77. The average Bonchev–Trinajstić information content (AvgIpc) is 3.15. The quantitative estimate of drug-likeness (QED) is 0.523. The minimum atomic E-state index is -4.37. The molecule has 3 aromatic rings. The number of halogens is 1. The van der Waals surface area contributed by atoms with Crippen molar-refractivity contribution in [2.45, 2.75) is 34.8 Å². The van der Waals surface area contributed by atoms with E-state index >= 15 is 0 Å². The van der Waals surface area contributed by atoms with E-state index in [0.29, 0.717) is 11.1 Å². The van der Waals surface area contributed by atoms with Crippen LogP contribution in [-0.4, -0.2) is 16.8 Å². The normalized spacial score (nSPS) is 16.3. The monoisotopic (exact) mass is 456 g/mol. The number of sulfone groups is 2. The van der Waals surface area contributed by atoms with Crippen LogP contribution < -0.4 is 0 Å². The predicted molar refractivity (Wildman–Crippen MR) is 118 cm³/mol. The van der Waals surface area contributed by atoms with Crippen molar-refractivity contribution in [2.24, 2.45) is 0 Å². The molecule has 31 heavy (non-hydrogen) atoms. The molecule has 0 N–H and O–H groups in total. The van der Waals surface area contributed by atoms with Crippen molar-refractivity contribution in [2.75, 3.05) is 0 Å². The van der Waals surface area contributed by atoms with Crippen LogP contribution in [0.4, 0.5) is 4.39 Å². The summed E-state index contributed by atoms with van der Waals surface area (Å²) in [6.07, 6.45) is 1.38. The molecule has 0 aromatic heterocycles. The van der Waals surface area contributed by atoms with Gasteiger partial charge in [-0.1, -0.05) is 62.4 Å². The SMILES string of the molecule is CC(C)c1ccc(S(=O)(=O)C2=Cc3ccccc3C2S(=O)(=O)c2ccccc2F)cc1. The third-order valence-electron chi connectivity index (χ3n) is 5.46. The molecule has 0 fully saturated rings. The van der Waals surface area contributed by atoms with Gasteiger partial charge in [0.2, 0.25) is 9.84 Å². The molecule has 1 unspecified atom stereocenters. The Kier molecular flexibility index (Phi) is 5.35. The van der Waals surface area contributed by atoms with Crippen LogP contribution in [0.25, 0.3) is 6.08 Å². The van der Waals surface area contributed by atoms with Gasteiger partial charge in [-0.05, 0) is 52.9 Å². The number of hydrogen-bond donors (Lipinski definition) is 0. The van der Waals surface area contributed by atoms with E-state index in [1.807, 2.05) is 13.8 Å². The fourth-order valence-electron chi connectivity index (χ4n) is 3.77. The van der Waals surface area contributed by atoms with Crippen LogP contribution in [0.3, 0.4) is 0 Å². The highest BCUT2D eigenvalue weighted by Gasteiger charge is 2.44. The molecule has 0 saturated heterocycles. The summed E-state index contributed by atoms with van der Waals surface area (Å²) in [6.45, 7) is 3.99. The highest BCUT2D eigenvalue weighted by Crippen LogP contribution is 2.47. The Labute approximate surface area is 181 Å². The molecule has 7 heteroatoms. The van der Waals surface area contributed by atoms with Crippen LogP contribution in [0.1, 0.15) is 41.7 Å². The van der Waals surface area contributed by atoms with Gasteiger partial charge in [0, 0.05) is 0 Å². The van der Waals surface area contributed by atoms with Gasteiger partial charge in [0.05, 0.1) is 9.80 Å². The smallest absolute Gasteiger partial charge is 0.204 e. The van der Waals surface area contributed by atoms with Crippen LogP contribution in [-0.2, 0) is 19.7 Å². The molecule has 1 atom stereocenters. The lowest BCUT2D eigenvalue weighted by atomic mass is 10.0.